The molecule has 2 heterocycles. The van der Waals surface area contributed by atoms with Gasteiger partial charge in [0.2, 0.25) is 0 Å². The smallest absolute Gasteiger partial charge is 0.321 e. The number of aliphatic hydroxyl groups is 1. The van der Waals surface area contributed by atoms with Crippen molar-refractivity contribution in [2.24, 2.45) is 0 Å². The second kappa shape index (κ2) is 11.0. The van der Waals surface area contributed by atoms with E-state index in [1.54, 1.807) is 23.1 Å². The van der Waals surface area contributed by atoms with Gasteiger partial charge >= 0.3 is 6.03 Å². The fraction of sp³-hybridized carbons (Fsp3) is 0.444. The van der Waals surface area contributed by atoms with Crippen LogP contribution in [0, 0.1) is 17.7 Å². The molecule has 2 N–H and O–H groups in total. The van der Waals surface area contributed by atoms with E-state index in [1.807, 2.05) is 31.1 Å². The lowest BCUT2D eigenvalue weighted by molar-refractivity contribution is -0.0585. The van der Waals surface area contributed by atoms with Crippen LogP contribution in [-0.4, -0.2) is 84.8 Å². The molecule has 2 saturated heterocycles. The first-order chi connectivity index (χ1) is 16.5. The first-order valence-corrected chi connectivity index (χ1v) is 11.9. The summed E-state index contributed by atoms with van der Waals surface area (Å²) in [6.07, 6.45) is 1.82. The number of rotatable bonds is 4. The maximum absolute atomic E-state index is 14.1. The number of amides is 2. The lowest BCUT2D eigenvalue weighted by Gasteiger charge is -2.57. The standard InChI is InChI=1S/C27H33FN4O2/c1-30(2)15-7-8-20-11-13-21(14-12-20)26-24-18-31(16-5-6-17-32(24)25(26)19-33)27(34)29-23-10-4-3-9-22(23)28/h3-4,9-14,24-26,33H,5-6,15-19H2,1-2H3,(H,29,34)/t24-,25-,26-/m1/s1. The van der Waals surface area contributed by atoms with E-state index in [0.717, 1.165) is 30.5 Å². The number of carbonyl (C=O) groups excluding carboxylic acids is 1. The van der Waals surface area contributed by atoms with Gasteiger partial charge in [-0.15, -0.1) is 0 Å². The molecule has 0 spiro atoms. The second-order valence-corrected chi connectivity index (χ2v) is 9.31. The van der Waals surface area contributed by atoms with Crippen molar-refractivity contribution in [2.45, 2.75) is 30.8 Å². The molecule has 0 saturated carbocycles. The van der Waals surface area contributed by atoms with Crippen molar-refractivity contribution < 1.29 is 14.3 Å². The molecule has 3 atom stereocenters. The number of nitrogens with one attached hydrogen (secondary N) is 1. The highest BCUT2D eigenvalue weighted by Crippen LogP contribution is 2.42. The Hall–Kier alpha value is -2.92. The first kappa shape index (κ1) is 24.2. The zero-order valence-corrected chi connectivity index (χ0v) is 19.9. The van der Waals surface area contributed by atoms with Crippen LogP contribution in [0.4, 0.5) is 14.9 Å². The van der Waals surface area contributed by atoms with Gasteiger partial charge in [-0.25, -0.2) is 9.18 Å². The Morgan fingerprint density at radius 1 is 1.15 bits per heavy atom. The molecule has 0 aromatic heterocycles. The topological polar surface area (TPSA) is 59.1 Å². The van der Waals surface area contributed by atoms with Crippen LogP contribution < -0.4 is 5.32 Å². The van der Waals surface area contributed by atoms with Gasteiger partial charge in [-0.1, -0.05) is 36.1 Å². The molecule has 180 valence electrons. The van der Waals surface area contributed by atoms with Crippen LogP contribution in [0.25, 0.3) is 0 Å². The fourth-order valence-corrected chi connectivity index (χ4v) is 4.97. The van der Waals surface area contributed by atoms with E-state index in [4.69, 9.17) is 0 Å². The highest BCUT2D eigenvalue weighted by molar-refractivity contribution is 5.89. The summed E-state index contributed by atoms with van der Waals surface area (Å²) in [5, 5.41) is 12.9. The van der Waals surface area contributed by atoms with Crippen LogP contribution in [0.3, 0.4) is 0 Å². The van der Waals surface area contributed by atoms with Crippen molar-refractivity contribution in [3.05, 3.63) is 65.5 Å². The molecule has 2 aliphatic rings. The van der Waals surface area contributed by atoms with Gasteiger partial charge in [-0.3, -0.25) is 9.80 Å². The Labute approximate surface area is 201 Å². The normalized spacial score (nSPS) is 22.6. The van der Waals surface area contributed by atoms with Crippen molar-refractivity contribution in [3.8, 4) is 11.8 Å². The summed E-state index contributed by atoms with van der Waals surface area (Å²) >= 11 is 0. The minimum absolute atomic E-state index is 0.0326. The molecule has 0 aliphatic carbocycles. The molecule has 6 nitrogen and oxygen atoms in total. The molecule has 2 aliphatic heterocycles. The van der Waals surface area contributed by atoms with Gasteiger partial charge in [0.1, 0.15) is 5.82 Å². The number of nitrogens with zero attached hydrogens (tertiary/aromatic N) is 3. The molecule has 2 fully saturated rings. The fourth-order valence-electron chi connectivity index (χ4n) is 4.97. The van der Waals surface area contributed by atoms with E-state index in [0.29, 0.717) is 19.6 Å². The second-order valence-electron chi connectivity index (χ2n) is 9.31. The summed E-state index contributed by atoms with van der Waals surface area (Å²) in [6.45, 7) is 2.85. The van der Waals surface area contributed by atoms with Gasteiger partial charge in [0.15, 0.2) is 0 Å². The van der Waals surface area contributed by atoms with Crippen LogP contribution >= 0.6 is 0 Å². The van der Waals surface area contributed by atoms with Crippen LogP contribution in [0.15, 0.2) is 48.5 Å². The highest BCUT2D eigenvalue weighted by atomic mass is 19.1. The Morgan fingerprint density at radius 3 is 2.59 bits per heavy atom. The number of hydrogen-bond donors (Lipinski definition) is 2. The minimum atomic E-state index is -0.444. The third-order valence-electron chi connectivity index (χ3n) is 6.70. The zero-order chi connectivity index (χ0) is 24.1. The molecule has 7 heteroatoms. The predicted molar refractivity (Wildman–Crippen MR) is 132 cm³/mol. The molecule has 4 rings (SSSR count). The Balaban J connectivity index is 1.49. The van der Waals surface area contributed by atoms with Crippen molar-refractivity contribution in [3.63, 3.8) is 0 Å². The van der Waals surface area contributed by atoms with E-state index in [9.17, 15) is 14.3 Å². The van der Waals surface area contributed by atoms with Gasteiger partial charge in [0.25, 0.3) is 0 Å². The van der Waals surface area contributed by atoms with Crippen molar-refractivity contribution in [1.29, 1.82) is 0 Å². The summed E-state index contributed by atoms with van der Waals surface area (Å²) in [7, 11) is 3.98. The molecular weight excluding hydrogens is 431 g/mol. The van der Waals surface area contributed by atoms with Crippen molar-refractivity contribution in [1.82, 2.24) is 14.7 Å². The highest BCUT2D eigenvalue weighted by Gasteiger charge is 2.49. The van der Waals surface area contributed by atoms with Gasteiger partial charge in [-0.05, 0) is 63.3 Å². The minimum Gasteiger partial charge on any atom is -0.395 e. The number of fused-ring (bicyclic) bond motifs is 1. The average molecular weight is 465 g/mol. The predicted octanol–water partition coefficient (Wildman–Crippen LogP) is 3.20. The monoisotopic (exact) mass is 464 g/mol. The number of carbonyl (C=O) groups is 1. The van der Waals surface area contributed by atoms with E-state index in [-0.39, 0.29) is 36.3 Å². The van der Waals surface area contributed by atoms with Crippen LogP contribution in [0.5, 0.6) is 0 Å². The lowest BCUT2D eigenvalue weighted by atomic mass is 9.74. The number of aliphatic hydroxyl groups excluding tert-OH is 1. The number of urea groups is 1. The summed E-state index contributed by atoms with van der Waals surface area (Å²) in [5.41, 5.74) is 2.30. The third kappa shape index (κ3) is 5.41. The van der Waals surface area contributed by atoms with Gasteiger partial charge in [-0.2, -0.15) is 0 Å². The van der Waals surface area contributed by atoms with Crippen molar-refractivity contribution >= 4 is 11.7 Å². The summed E-state index contributed by atoms with van der Waals surface area (Å²) < 4.78 is 14.1. The third-order valence-corrected chi connectivity index (χ3v) is 6.70. The number of para-hydroxylation sites is 1. The number of anilines is 1. The summed E-state index contributed by atoms with van der Waals surface area (Å²) in [6, 6.07) is 14.3. The average Bonchev–Trinajstić information content (AvgIpc) is 2.80. The van der Waals surface area contributed by atoms with Gasteiger partial charge < -0.3 is 15.3 Å². The molecule has 2 aromatic carbocycles. The van der Waals surface area contributed by atoms with Crippen molar-refractivity contribution in [2.75, 3.05) is 52.2 Å². The Morgan fingerprint density at radius 2 is 1.88 bits per heavy atom. The molecule has 34 heavy (non-hydrogen) atoms. The van der Waals surface area contributed by atoms with E-state index < -0.39 is 5.82 Å². The SMILES string of the molecule is CN(C)CC#Cc1ccc([C@H]2[C@@H](CO)N3CCCCN(C(=O)Nc4ccccc4F)C[C@H]23)cc1. The van der Waals surface area contributed by atoms with E-state index >= 15 is 0 Å². The number of hydrogen-bond acceptors (Lipinski definition) is 4. The first-order valence-electron chi connectivity index (χ1n) is 11.9. The summed E-state index contributed by atoms with van der Waals surface area (Å²) in [5.74, 6) is 6.01. The van der Waals surface area contributed by atoms with Crippen LogP contribution in [-0.2, 0) is 0 Å². The largest absolute Gasteiger partial charge is 0.395 e. The molecule has 0 radical (unpaired) electrons. The van der Waals surface area contributed by atoms with Gasteiger partial charge in [0, 0.05) is 36.7 Å². The quantitative estimate of drug-likeness (QED) is 0.683. The van der Waals surface area contributed by atoms with Crippen LogP contribution in [0.2, 0.25) is 0 Å². The Bertz CT molecular complexity index is 1050. The van der Waals surface area contributed by atoms with Crippen LogP contribution in [0.1, 0.15) is 29.9 Å². The number of benzene rings is 2. The molecular formula is C27H33FN4O2. The number of halogens is 1. The molecule has 0 bridgehead atoms. The van der Waals surface area contributed by atoms with Gasteiger partial charge in [0.05, 0.1) is 18.8 Å². The summed E-state index contributed by atoms with van der Waals surface area (Å²) in [4.78, 5) is 19.1. The molecule has 0 unspecified atom stereocenters. The lowest BCUT2D eigenvalue weighted by Crippen LogP contribution is -2.68. The molecule has 2 aromatic rings. The van der Waals surface area contributed by atoms with E-state index in [1.165, 1.54) is 6.07 Å². The Kier molecular flexibility index (Phi) is 7.84. The maximum atomic E-state index is 14.1. The zero-order valence-electron chi connectivity index (χ0n) is 19.9. The maximum Gasteiger partial charge on any atom is 0.321 e. The van der Waals surface area contributed by atoms with E-state index in [2.05, 4.69) is 34.2 Å². The molecule has 2 amide bonds.